The van der Waals surface area contributed by atoms with E-state index in [1.54, 1.807) is 7.11 Å². The fourth-order valence-electron chi connectivity index (χ4n) is 1.45. The summed E-state index contributed by atoms with van der Waals surface area (Å²) in [6.45, 7) is 6.84. The van der Waals surface area contributed by atoms with E-state index in [0.29, 0.717) is 11.3 Å². The molecule has 0 N–H and O–H groups in total. The van der Waals surface area contributed by atoms with Crippen LogP contribution in [0.3, 0.4) is 0 Å². The first-order chi connectivity index (χ1) is 7.97. The topological polar surface area (TPSA) is 9.23 Å². The molecule has 1 aromatic carbocycles. The minimum atomic E-state index is 0.321. The van der Waals surface area contributed by atoms with Gasteiger partial charge < -0.3 is 4.74 Å². The normalized spacial score (nSPS) is 13.5. The molecular weight excluding hydrogens is 248 g/mol. The third kappa shape index (κ3) is 4.84. The number of thioether (sulfide) groups is 1. The Morgan fingerprint density at radius 2 is 1.82 bits per heavy atom. The molecule has 0 aliphatic carbocycles. The minimum absolute atomic E-state index is 0.321. The molecule has 0 saturated heterocycles. The fourth-order valence-corrected chi connectivity index (χ4v) is 3.64. The maximum Gasteiger partial charge on any atom is 0.118 e. The first-order valence-electron chi connectivity index (χ1n) is 5.85. The molecule has 0 amide bonds. The number of rotatable bonds is 5. The molecule has 0 saturated carbocycles. The van der Waals surface area contributed by atoms with Gasteiger partial charge in [-0.2, -0.15) is 12.6 Å². The van der Waals surface area contributed by atoms with Gasteiger partial charge in [-0.3, -0.25) is 0 Å². The van der Waals surface area contributed by atoms with Gasteiger partial charge in [0.05, 0.1) is 7.11 Å². The van der Waals surface area contributed by atoms with Crippen molar-refractivity contribution in [2.75, 3.05) is 18.6 Å². The van der Waals surface area contributed by atoms with Gasteiger partial charge in [-0.25, -0.2) is 0 Å². The quantitative estimate of drug-likeness (QED) is 0.628. The lowest BCUT2D eigenvalue weighted by atomic mass is 9.83. The first kappa shape index (κ1) is 14.8. The van der Waals surface area contributed by atoms with Gasteiger partial charge in [0.25, 0.3) is 0 Å². The number of hydrogen-bond acceptors (Lipinski definition) is 3. The monoisotopic (exact) mass is 270 g/mol. The Morgan fingerprint density at radius 1 is 1.24 bits per heavy atom. The van der Waals surface area contributed by atoms with Crippen LogP contribution in [0.15, 0.2) is 29.2 Å². The van der Waals surface area contributed by atoms with Gasteiger partial charge in [0.1, 0.15) is 5.75 Å². The number of thiol groups is 1. The molecule has 17 heavy (non-hydrogen) atoms. The summed E-state index contributed by atoms with van der Waals surface area (Å²) in [6.07, 6.45) is 0. The zero-order valence-electron chi connectivity index (χ0n) is 11.1. The molecule has 0 fully saturated rings. The molecule has 0 radical (unpaired) electrons. The summed E-state index contributed by atoms with van der Waals surface area (Å²) in [7, 11) is 1.69. The number of ether oxygens (including phenoxy) is 1. The van der Waals surface area contributed by atoms with Gasteiger partial charge in [-0.05, 0) is 41.4 Å². The van der Waals surface area contributed by atoms with Gasteiger partial charge >= 0.3 is 0 Å². The van der Waals surface area contributed by atoms with E-state index in [1.807, 2.05) is 23.9 Å². The summed E-state index contributed by atoms with van der Waals surface area (Å²) in [5.41, 5.74) is 0.321. The highest BCUT2D eigenvalue weighted by atomic mass is 32.2. The second-order valence-electron chi connectivity index (χ2n) is 5.23. The summed E-state index contributed by atoms with van der Waals surface area (Å²) >= 11 is 6.35. The van der Waals surface area contributed by atoms with Crippen molar-refractivity contribution in [1.82, 2.24) is 0 Å². The third-order valence-electron chi connectivity index (χ3n) is 2.96. The first-order valence-corrected chi connectivity index (χ1v) is 7.47. The van der Waals surface area contributed by atoms with E-state index in [9.17, 15) is 0 Å². The molecule has 0 aromatic heterocycles. The van der Waals surface area contributed by atoms with Gasteiger partial charge in [0.2, 0.25) is 0 Å². The van der Waals surface area contributed by atoms with Crippen molar-refractivity contribution in [1.29, 1.82) is 0 Å². The molecule has 1 atom stereocenters. The summed E-state index contributed by atoms with van der Waals surface area (Å²) in [5.74, 6) is 3.58. The second kappa shape index (κ2) is 6.60. The van der Waals surface area contributed by atoms with Crippen molar-refractivity contribution in [2.24, 2.45) is 11.3 Å². The zero-order chi connectivity index (χ0) is 12.9. The van der Waals surface area contributed by atoms with Crippen LogP contribution in [0.2, 0.25) is 0 Å². The van der Waals surface area contributed by atoms with Crippen LogP contribution >= 0.6 is 24.4 Å². The summed E-state index contributed by atoms with van der Waals surface area (Å²) in [5, 5.41) is 0. The average Bonchev–Trinajstić information content (AvgIpc) is 2.29. The van der Waals surface area contributed by atoms with Crippen LogP contribution in [0, 0.1) is 11.3 Å². The average molecular weight is 270 g/mol. The highest BCUT2D eigenvalue weighted by Crippen LogP contribution is 2.32. The predicted molar refractivity (Wildman–Crippen MR) is 80.5 cm³/mol. The van der Waals surface area contributed by atoms with Gasteiger partial charge in [-0.15, -0.1) is 11.8 Å². The smallest absolute Gasteiger partial charge is 0.118 e. The Hall–Kier alpha value is -0.280. The lowest BCUT2D eigenvalue weighted by Crippen LogP contribution is -2.24. The highest BCUT2D eigenvalue weighted by Gasteiger charge is 2.23. The van der Waals surface area contributed by atoms with E-state index >= 15 is 0 Å². The maximum absolute atomic E-state index is 5.15. The van der Waals surface area contributed by atoms with Gasteiger partial charge in [0, 0.05) is 10.6 Å². The Labute approximate surface area is 115 Å². The van der Waals surface area contributed by atoms with Crippen LogP contribution in [0.4, 0.5) is 0 Å². The summed E-state index contributed by atoms with van der Waals surface area (Å²) < 4.78 is 5.15. The van der Waals surface area contributed by atoms with Crippen molar-refractivity contribution in [3.8, 4) is 5.75 Å². The van der Waals surface area contributed by atoms with Crippen molar-refractivity contribution >= 4 is 24.4 Å². The number of benzene rings is 1. The molecule has 0 aliphatic rings. The standard InChI is InChI=1S/C14H22OS2/c1-14(2,3)11(9-16)10-17-13-7-5-12(15-4)6-8-13/h5-8,11,16H,9-10H2,1-4H3. The Bertz CT molecular complexity index is 327. The SMILES string of the molecule is COc1ccc(SCC(CS)C(C)(C)C)cc1. The lowest BCUT2D eigenvalue weighted by molar-refractivity contribution is 0.294. The molecule has 1 nitrogen and oxygen atoms in total. The lowest BCUT2D eigenvalue weighted by Gasteiger charge is -2.29. The molecule has 1 rings (SSSR count). The fraction of sp³-hybridized carbons (Fsp3) is 0.571. The third-order valence-corrected chi connectivity index (χ3v) is 4.57. The molecule has 0 bridgehead atoms. The Kier molecular flexibility index (Phi) is 5.74. The van der Waals surface area contributed by atoms with E-state index in [0.717, 1.165) is 17.3 Å². The van der Waals surface area contributed by atoms with E-state index < -0.39 is 0 Å². The van der Waals surface area contributed by atoms with Crippen LogP contribution in [0.1, 0.15) is 20.8 Å². The van der Waals surface area contributed by atoms with Crippen molar-refractivity contribution in [3.63, 3.8) is 0 Å². The minimum Gasteiger partial charge on any atom is -0.497 e. The molecule has 0 heterocycles. The largest absolute Gasteiger partial charge is 0.497 e. The van der Waals surface area contributed by atoms with E-state index in [2.05, 4.69) is 45.5 Å². The molecular formula is C14H22OS2. The molecule has 96 valence electrons. The van der Waals surface area contributed by atoms with E-state index in [1.165, 1.54) is 4.90 Å². The van der Waals surface area contributed by atoms with Crippen LogP contribution in [0.5, 0.6) is 5.75 Å². The van der Waals surface area contributed by atoms with Crippen molar-refractivity contribution in [2.45, 2.75) is 25.7 Å². The maximum atomic E-state index is 5.15. The highest BCUT2D eigenvalue weighted by molar-refractivity contribution is 7.99. The number of hydrogen-bond donors (Lipinski definition) is 1. The summed E-state index contributed by atoms with van der Waals surface area (Å²) in [6, 6.07) is 8.24. The molecule has 3 heteroatoms. The van der Waals surface area contributed by atoms with Gasteiger partial charge in [-0.1, -0.05) is 20.8 Å². The van der Waals surface area contributed by atoms with Crippen LogP contribution in [-0.2, 0) is 0 Å². The van der Waals surface area contributed by atoms with Crippen LogP contribution in [0.25, 0.3) is 0 Å². The summed E-state index contributed by atoms with van der Waals surface area (Å²) in [4.78, 5) is 1.29. The Balaban J connectivity index is 2.54. The van der Waals surface area contributed by atoms with Crippen LogP contribution < -0.4 is 4.74 Å². The van der Waals surface area contributed by atoms with Crippen molar-refractivity contribution in [3.05, 3.63) is 24.3 Å². The van der Waals surface area contributed by atoms with Crippen LogP contribution in [-0.4, -0.2) is 18.6 Å². The van der Waals surface area contributed by atoms with E-state index in [-0.39, 0.29) is 0 Å². The molecule has 0 aliphatic heterocycles. The number of methoxy groups -OCH3 is 1. The van der Waals surface area contributed by atoms with Gasteiger partial charge in [0.15, 0.2) is 0 Å². The second-order valence-corrected chi connectivity index (χ2v) is 6.69. The Morgan fingerprint density at radius 3 is 2.24 bits per heavy atom. The zero-order valence-corrected chi connectivity index (χ0v) is 12.8. The van der Waals surface area contributed by atoms with Crippen molar-refractivity contribution < 1.29 is 4.74 Å². The molecule has 1 aromatic rings. The molecule has 1 unspecified atom stereocenters. The predicted octanol–water partition coefficient (Wildman–Crippen LogP) is 4.38. The molecule has 0 spiro atoms. The van der Waals surface area contributed by atoms with E-state index in [4.69, 9.17) is 4.74 Å².